The predicted octanol–water partition coefficient (Wildman–Crippen LogP) is 3.03. The second-order valence-corrected chi connectivity index (χ2v) is 7.15. The van der Waals surface area contributed by atoms with Gasteiger partial charge in [0.05, 0.1) is 14.2 Å². The third-order valence-electron chi connectivity index (χ3n) is 5.50. The topological polar surface area (TPSA) is 59.1 Å². The molecule has 0 N–H and O–H groups in total. The van der Waals surface area contributed by atoms with Gasteiger partial charge in [0.2, 0.25) is 5.91 Å². The molecule has 6 heteroatoms. The summed E-state index contributed by atoms with van der Waals surface area (Å²) in [5.74, 6) is 1.54. The third kappa shape index (κ3) is 3.30. The summed E-state index contributed by atoms with van der Waals surface area (Å²) >= 11 is 0. The molecule has 2 aromatic carbocycles. The number of hydrogen-bond acceptors (Lipinski definition) is 4. The lowest BCUT2D eigenvalue weighted by Gasteiger charge is -2.30. The van der Waals surface area contributed by atoms with E-state index in [1.165, 1.54) is 5.56 Å². The van der Waals surface area contributed by atoms with Crippen molar-refractivity contribution in [2.75, 3.05) is 32.2 Å². The zero-order chi connectivity index (χ0) is 19.7. The lowest BCUT2D eigenvalue weighted by atomic mass is 9.98. The van der Waals surface area contributed by atoms with Crippen LogP contribution in [0, 0.1) is 0 Å². The van der Waals surface area contributed by atoms with Crippen LogP contribution in [0.3, 0.4) is 0 Å². The summed E-state index contributed by atoms with van der Waals surface area (Å²) in [5.41, 5.74) is 3.76. The lowest BCUT2D eigenvalue weighted by Crippen LogP contribution is -2.36. The first-order valence-electron chi connectivity index (χ1n) is 9.54. The molecule has 4 rings (SSSR count). The number of fused-ring (bicyclic) bond motifs is 1. The molecule has 2 aliphatic heterocycles. The molecule has 2 aromatic rings. The molecule has 146 valence electrons. The van der Waals surface area contributed by atoms with Crippen LogP contribution in [0.2, 0.25) is 0 Å². The minimum atomic E-state index is -0.000247. The number of benzene rings is 2. The van der Waals surface area contributed by atoms with Crippen molar-refractivity contribution >= 4 is 17.5 Å². The average Bonchev–Trinajstić information content (AvgIpc) is 3.17. The summed E-state index contributed by atoms with van der Waals surface area (Å²) in [4.78, 5) is 28.5. The maximum atomic E-state index is 13.0. The van der Waals surface area contributed by atoms with Crippen LogP contribution in [0.1, 0.15) is 34.3 Å². The number of hydrogen-bond donors (Lipinski definition) is 0. The van der Waals surface area contributed by atoms with Gasteiger partial charge in [0, 0.05) is 37.3 Å². The smallest absolute Gasteiger partial charge is 0.254 e. The summed E-state index contributed by atoms with van der Waals surface area (Å²) in [6, 6.07) is 11.3. The number of nitrogens with zero attached hydrogens (tertiary/aromatic N) is 2. The van der Waals surface area contributed by atoms with E-state index in [-0.39, 0.29) is 11.8 Å². The van der Waals surface area contributed by atoms with Gasteiger partial charge < -0.3 is 19.3 Å². The minimum absolute atomic E-state index is 0.000247. The summed E-state index contributed by atoms with van der Waals surface area (Å²) in [7, 11) is 3.24. The van der Waals surface area contributed by atoms with E-state index in [4.69, 9.17) is 9.47 Å². The second-order valence-electron chi connectivity index (χ2n) is 7.15. The maximum Gasteiger partial charge on any atom is 0.254 e. The van der Waals surface area contributed by atoms with Gasteiger partial charge in [-0.25, -0.2) is 0 Å². The van der Waals surface area contributed by atoms with Crippen molar-refractivity contribution in [1.82, 2.24) is 4.90 Å². The van der Waals surface area contributed by atoms with Gasteiger partial charge in [0.1, 0.15) is 0 Å². The minimum Gasteiger partial charge on any atom is -0.493 e. The van der Waals surface area contributed by atoms with Gasteiger partial charge in [-0.1, -0.05) is 0 Å². The van der Waals surface area contributed by atoms with Crippen LogP contribution in [-0.4, -0.2) is 44.0 Å². The Balaban J connectivity index is 1.51. The van der Waals surface area contributed by atoms with E-state index >= 15 is 0 Å². The second kappa shape index (κ2) is 7.54. The van der Waals surface area contributed by atoms with Gasteiger partial charge in [-0.05, 0) is 60.4 Å². The van der Waals surface area contributed by atoms with E-state index < -0.39 is 0 Å². The summed E-state index contributed by atoms with van der Waals surface area (Å²) in [6.07, 6.45) is 2.27. The van der Waals surface area contributed by atoms with E-state index in [2.05, 4.69) is 0 Å². The van der Waals surface area contributed by atoms with Crippen LogP contribution in [0.25, 0.3) is 0 Å². The summed E-state index contributed by atoms with van der Waals surface area (Å²) in [5, 5.41) is 0. The van der Waals surface area contributed by atoms with Crippen molar-refractivity contribution < 1.29 is 19.1 Å². The SMILES string of the molecule is COc1cc2c(cc1OC)CN(C(=O)c1ccc(N3CCCC3=O)cc1)CC2. The van der Waals surface area contributed by atoms with Crippen molar-refractivity contribution in [3.8, 4) is 11.5 Å². The van der Waals surface area contributed by atoms with Crippen molar-refractivity contribution in [2.24, 2.45) is 0 Å². The molecule has 0 radical (unpaired) electrons. The molecule has 0 aromatic heterocycles. The Hall–Kier alpha value is -3.02. The fourth-order valence-corrected chi connectivity index (χ4v) is 3.94. The van der Waals surface area contributed by atoms with Crippen LogP contribution in [-0.2, 0) is 17.8 Å². The highest BCUT2D eigenvalue weighted by molar-refractivity contribution is 5.97. The highest BCUT2D eigenvalue weighted by Crippen LogP contribution is 2.33. The van der Waals surface area contributed by atoms with Crippen LogP contribution in [0.5, 0.6) is 11.5 Å². The Kier molecular flexibility index (Phi) is 4.94. The number of rotatable bonds is 4. The molecule has 0 bridgehead atoms. The van der Waals surface area contributed by atoms with Gasteiger partial charge in [-0.3, -0.25) is 9.59 Å². The number of carbonyl (C=O) groups is 2. The lowest BCUT2D eigenvalue weighted by molar-refractivity contribution is -0.117. The molecule has 0 spiro atoms. The molecule has 2 aliphatic rings. The first kappa shape index (κ1) is 18.3. The molecule has 2 amide bonds. The molecule has 0 atom stereocenters. The molecular weight excluding hydrogens is 356 g/mol. The maximum absolute atomic E-state index is 13.0. The third-order valence-corrected chi connectivity index (χ3v) is 5.50. The Morgan fingerprint density at radius 2 is 1.61 bits per heavy atom. The van der Waals surface area contributed by atoms with E-state index in [0.717, 1.165) is 30.6 Å². The van der Waals surface area contributed by atoms with Crippen molar-refractivity contribution in [2.45, 2.75) is 25.8 Å². The number of anilines is 1. The van der Waals surface area contributed by atoms with Crippen LogP contribution < -0.4 is 14.4 Å². The van der Waals surface area contributed by atoms with E-state index in [9.17, 15) is 9.59 Å². The van der Waals surface area contributed by atoms with Crippen molar-refractivity contribution in [3.63, 3.8) is 0 Å². The molecule has 2 heterocycles. The van der Waals surface area contributed by atoms with E-state index in [1.807, 2.05) is 41.3 Å². The number of carbonyl (C=O) groups excluding carboxylic acids is 2. The zero-order valence-electron chi connectivity index (χ0n) is 16.2. The first-order chi connectivity index (χ1) is 13.6. The van der Waals surface area contributed by atoms with Gasteiger partial charge in [-0.15, -0.1) is 0 Å². The first-order valence-corrected chi connectivity index (χ1v) is 9.54. The van der Waals surface area contributed by atoms with Gasteiger partial charge in [0.25, 0.3) is 5.91 Å². The highest BCUT2D eigenvalue weighted by atomic mass is 16.5. The Bertz CT molecular complexity index is 907. The standard InChI is InChI=1S/C22H24N2O4/c1-27-19-12-16-9-11-23(14-17(16)13-20(19)28-2)22(26)15-5-7-18(8-6-15)24-10-3-4-21(24)25/h5-8,12-13H,3-4,9-11,14H2,1-2H3. The van der Waals surface area contributed by atoms with Crippen molar-refractivity contribution in [1.29, 1.82) is 0 Å². The normalized spacial score (nSPS) is 16.1. The van der Waals surface area contributed by atoms with Gasteiger partial charge in [-0.2, -0.15) is 0 Å². The van der Waals surface area contributed by atoms with Gasteiger partial charge in [0.15, 0.2) is 11.5 Å². The Labute approximate surface area is 164 Å². The van der Waals surface area contributed by atoms with Crippen molar-refractivity contribution in [3.05, 3.63) is 53.1 Å². The molecule has 0 unspecified atom stereocenters. The number of methoxy groups -OCH3 is 2. The fourth-order valence-electron chi connectivity index (χ4n) is 3.94. The molecule has 28 heavy (non-hydrogen) atoms. The fraction of sp³-hybridized carbons (Fsp3) is 0.364. The zero-order valence-corrected chi connectivity index (χ0v) is 16.2. The Morgan fingerprint density at radius 3 is 2.21 bits per heavy atom. The molecule has 0 saturated carbocycles. The van der Waals surface area contributed by atoms with Gasteiger partial charge >= 0.3 is 0 Å². The number of ether oxygens (including phenoxy) is 2. The largest absolute Gasteiger partial charge is 0.493 e. The highest BCUT2D eigenvalue weighted by Gasteiger charge is 2.25. The monoisotopic (exact) mass is 380 g/mol. The molecule has 1 fully saturated rings. The molecule has 6 nitrogen and oxygen atoms in total. The van der Waals surface area contributed by atoms with Crippen LogP contribution >= 0.6 is 0 Å². The quantitative estimate of drug-likeness (QED) is 0.818. The van der Waals surface area contributed by atoms with E-state index in [0.29, 0.717) is 36.6 Å². The molecule has 0 aliphatic carbocycles. The number of amides is 2. The predicted molar refractivity (Wildman–Crippen MR) is 106 cm³/mol. The summed E-state index contributed by atoms with van der Waals surface area (Å²) < 4.78 is 10.8. The Morgan fingerprint density at radius 1 is 0.929 bits per heavy atom. The van der Waals surface area contributed by atoms with E-state index in [1.54, 1.807) is 19.1 Å². The summed E-state index contributed by atoms with van der Waals surface area (Å²) in [6.45, 7) is 1.95. The molecular formula is C22H24N2O4. The average molecular weight is 380 g/mol. The molecule has 1 saturated heterocycles. The van der Waals surface area contributed by atoms with Crippen LogP contribution in [0.15, 0.2) is 36.4 Å². The van der Waals surface area contributed by atoms with Crippen LogP contribution in [0.4, 0.5) is 5.69 Å².